The molecule has 0 aliphatic carbocycles. The Labute approximate surface area is 112 Å². The number of hydrogen-bond acceptors (Lipinski definition) is 4. The Kier molecular flexibility index (Phi) is 4.04. The monoisotopic (exact) mass is 263 g/mol. The number of amides is 1. The molecule has 0 unspecified atom stereocenters. The van der Waals surface area contributed by atoms with Crippen LogP contribution in [-0.4, -0.2) is 32.8 Å². The van der Waals surface area contributed by atoms with E-state index in [1.807, 2.05) is 0 Å². The summed E-state index contributed by atoms with van der Waals surface area (Å²) in [6.45, 7) is 0.636. The number of benzene rings is 1. The molecule has 1 aromatic carbocycles. The summed E-state index contributed by atoms with van der Waals surface area (Å²) in [5.41, 5.74) is 2.30. The van der Waals surface area contributed by atoms with Crippen molar-refractivity contribution >= 4 is 17.7 Å². The highest BCUT2D eigenvalue weighted by Crippen LogP contribution is 2.28. The Morgan fingerprint density at radius 3 is 2.63 bits per heavy atom. The molecule has 0 saturated carbocycles. The van der Waals surface area contributed by atoms with E-state index in [9.17, 15) is 9.59 Å². The lowest BCUT2D eigenvalue weighted by Gasteiger charge is -2.21. The maximum absolute atomic E-state index is 11.8. The molecule has 2 rings (SSSR count). The van der Waals surface area contributed by atoms with E-state index in [1.165, 1.54) is 14.2 Å². The van der Waals surface area contributed by atoms with E-state index in [4.69, 9.17) is 9.47 Å². The molecule has 5 heteroatoms. The molecule has 5 nitrogen and oxygen atoms in total. The van der Waals surface area contributed by atoms with Crippen LogP contribution in [0.5, 0.6) is 0 Å². The van der Waals surface area contributed by atoms with Crippen molar-refractivity contribution in [2.45, 2.75) is 19.3 Å². The first-order valence-electron chi connectivity index (χ1n) is 6.24. The molecule has 0 saturated heterocycles. The highest BCUT2D eigenvalue weighted by Gasteiger charge is 2.22. The van der Waals surface area contributed by atoms with Gasteiger partial charge in [0.25, 0.3) is 0 Å². The van der Waals surface area contributed by atoms with Gasteiger partial charge >= 0.3 is 12.1 Å². The first-order chi connectivity index (χ1) is 9.17. The van der Waals surface area contributed by atoms with Crippen LogP contribution in [0, 0.1) is 0 Å². The van der Waals surface area contributed by atoms with Crippen LogP contribution in [0.1, 0.15) is 28.8 Å². The van der Waals surface area contributed by atoms with Crippen molar-refractivity contribution < 1.29 is 19.1 Å². The molecule has 0 spiro atoms. The van der Waals surface area contributed by atoms with Gasteiger partial charge in [-0.05, 0) is 43.0 Å². The van der Waals surface area contributed by atoms with E-state index in [0.29, 0.717) is 12.1 Å². The summed E-state index contributed by atoms with van der Waals surface area (Å²) in [5.74, 6) is -0.364. The van der Waals surface area contributed by atoms with Crippen molar-refractivity contribution in [3.63, 3.8) is 0 Å². The number of rotatable bonds is 1. The summed E-state index contributed by atoms with van der Waals surface area (Å²) < 4.78 is 9.51. The first-order valence-corrected chi connectivity index (χ1v) is 6.24. The van der Waals surface area contributed by atoms with Gasteiger partial charge in [0.05, 0.1) is 25.5 Å². The van der Waals surface area contributed by atoms with E-state index in [0.717, 1.165) is 30.5 Å². The maximum atomic E-state index is 11.8. The quantitative estimate of drug-likeness (QED) is 0.730. The van der Waals surface area contributed by atoms with Gasteiger partial charge in [0.1, 0.15) is 0 Å². The van der Waals surface area contributed by atoms with E-state index in [2.05, 4.69) is 0 Å². The zero-order valence-electron chi connectivity index (χ0n) is 11.1. The van der Waals surface area contributed by atoms with Gasteiger partial charge in [-0.3, -0.25) is 4.90 Å². The zero-order valence-corrected chi connectivity index (χ0v) is 11.1. The predicted molar refractivity (Wildman–Crippen MR) is 70.5 cm³/mol. The minimum Gasteiger partial charge on any atom is -0.465 e. The summed E-state index contributed by atoms with van der Waals surface area (Å²) in [7, 11) is 2.73. The second-order valence-electron chi connectivity index (χ2n) is 4.41. The molecule has 1 heterocycles. The lowest BCUT2D eigenvalue weighted by Crippen LogP contribution is -2.31. The fourth-order valence-electron chi connectivity index (χ4n) is 2.30. The predicted octanol–water partition coefficient (Wildman–Crippen LogP) is 2.38. The van der Waals surface area contributed by atoms with Crippen LogP contribution in [0.2, 0.25) is 0 Å². The van der Waals surface area contributed by atoms with E-state index < -0.39 is 0 Å². The van der Waals surface area contributed by atoms with Gasteiger partial charge in [-0.2, -0.15) is 0 Å². The smallest absolute Gasteiger partial charge is 0.414 e. The second-order valence-corrected chi connectivity index (χ2v) is 4.41. The van der Waals surface area contributed by atoms with Crippen LogP contribution >= 0.6 is 0 Å². The molecule has 1 aliphatic rings. The Morgan fingerprint density at radius 2 is 1.95 bits per heavy atom. The van der Waals surface area contributed by atoms with Crippen molar-refractivity contribution in [3.8, 4) is 0 Å². The fraction of sp³-hybridized carbons (Fsp3) is 0.429. The molecule has 102 valence electrons. The third-order valence-electron chi connectivity index (χ3n) is 3.26. The van der Waals surface area contributed by atoms with Gasteiger partial charge in [-0.15, -0.1) is 0 Å². The summed E-state index contributed by atoms with van der Waals surface area (Å²) >= 11 is 0. The SMILES string of the molecule is COC(=O)c1ccc2c(c1)CCCCN2C(=O)OC. The molecule has 1 aliphatic heterocycles. The van der Waals surface area contributed by atoms with E-state index >= 15 is 0 Å². The molecule has 0 aromatic heterocycles. The minimum atomic E-state index is -0.367. The third kappa shape index (κ3) is 2.70. The van der Waals surface area contributed by atoms with Crippen molar-refractivity contribution in [1.29, 1.82) is 0 Å². The largest absolute Gasteiger partial charge is 0.465 e. The number of carbonyl (C=O) groups is 2. The van der Waals surface area contributed by atoms with Gasteiger partial charge in [-0.1, -0.05) is 0 Å². The molecule has 1 amide bonds. The molecule has 0 atom stereocenters. The Bertz CT molecular complexity index is 498. The Morgan fingerprint density at radius 1 is 1.16 bits per heavy atom. The second kappa shape index (κ2) is 5.73. The molecule has 0 radical (unpaired) electrons. The summed E-state index contributed by atoms with van der Waals surface area (Å²) in [6.07, 6.45) is 2.37. The number of esters is 1. The molecule has 0 fully saturated rings. The zero-order chi connectivity index (χ0) is 13.8. The first kappa shape index (κ1) is 13.4. The maximum Gasteiger partial charge on any atom is 0.414 e. The van der Waals surface area contributed by atoms with Gasteiger partial charge in [-0.25, -0.2) is 9.59 Å². The number of carbonyl (C=O) groups excluding carboxylic acids is 2. The number of methoxy groups -OCH3 is 2. The van der Waals surface area contributed by atoms with Crippen LogP contribution in [0.15, 0.2) is 18.2 Å². The third-order valence-corrected chi connectivity index (χ3v) is 3.26. The molecule has 19 heavy (non-hydrogen) atoms. The van der Waals surface area contributed by atoms with Gasteiger partial charge in [0.15, 0.2) is 0 Å². The lowest BCUT2D eigenvalue weighted by molar-refractivity contribution is 0.0600. The number of nitrogens with zero attached hydrogens (tertiary/aromatic N) is 1. The fourth-order valence-corrected chi connectivity index (χ4v) is 2.30. The van der Waals surface area contributed by atoms with Crippen LogP contribution < -0.4 is 4.90 Å². The highest BCUT2D eigenvalue weighted by atomic mass is 16.5. The van der Waals surface area contributed by atoms with Crippen LogP contribution in [0.25, 0.3) is 0 Å². The minimum absolute atomic E-state index is 0.364. The molecule has 0 bridgehead atoms. The topological polar surface area (TPSA) is 55.8 Å². The van der Waals surface area contributed by atoms with Crippen molar-refractivity contribution in [2.75, 3.05) is 25.7 Å². The molecular formula is C14H17NO4. The summed E-state index contributed by atoms with van der Waals surface area (Å²) in [6, 6.07) is 5.25. The number of ether oxygens (including phenoxy) is 2. The summed E-state index contributed by atoms with van der Waals surface area (Å²) in [5, 5.41) is 0. The van der Waals surface area contributed by atoms with Crippen LogP contribution in [0.4, 0.5) is 10.5 Å². The van der Waals surface area contributed by atoms with Crippen LogP contribution in [0.3, 0.4) is 0 Å². The van der Waals surface area contributed by atoms with Gasteiger partial charge < -0.3 is 9.47 Å². The number of fused-ring (bicyclic) bond motifs is 1. The van der Waals surface area contributed by atoms with Crippen molar-refractivity contribution in [3.05, 3.63) is 29.3 Å². The molecule has 0 N–H and O–H groups in total. The van der Waals surface area contributed by atoms with Crippen molar-refractivity contribution in [2.24, 2.45) is 0 Å². The standard InChI is InChI=1S/C14H17NO4/c1-18-13(16)11-6-7-12-10(9-11)5-3-4-8-15(12)14(17)19-2/h6-7,9H,3-5,8H2,1-2H3. The lowest BCUT2D eigenvalue weighted by atomic mass is 10.0. The highest BCUT2D eigenvalue weighted by molar-refractivity contribution is 5.93. The van der Waals surface area contributed by atoms with E-state index in [-0.39, 0.29) is 12.1 Å². The Balaban J connectivity index is 2.40. The number of anilines is 1. The summed E-state index contributed by atoms with van der Waals surface area (Å²) in [4.78, 5) is 24.9. The molecular weight excluding hydrogens is 246 g/mol. The average Bonchev–Trinajstić information content (AvgIpc) is 2.67. The van der Waals surface area contributed by atoms with Gasteiger partial charge in [0.2, 0.25) is 0 Å². The van der Waals surface area contributed by atoms with Crippen LogP contribution in [-0.2, 0) is 15.9 Å². The molecule has 1 aromatic rings. The normalized spacial score (nSPS) is 14.3. The average molecular weight is 263 g/mol. The number of hydrogen-bond donors (Lipinski definition) is 0. The van der Waals surface area contributed by atoms with E-state index in [1.54, 1.807) is 23.1 Å². The van der Waals surface area contributed by atoms with Gasteiger partial charge in [0, 0.05) is 6.54 Å². The van der Waals surface area contributed by atoms with Crippen molar-refractivity contribution in [1.82, 2.24) is 0 Å². The Hall–Kier alpha value is -2.04. The number of aryl methyl sites for hydroxylation is 1.